The number of aromatic nitrogens is 2. The van der Waals surface area contributed by atoms with Crippen LogP contribution < -0.4 is 0 Å². The van der Waals surface area contributed by atoms with Gasteiger partial charge in [-0.1, -0.05) is 13.3 Å². The molecule has 0 radical (unpaired) electrons. The maximum Gasteiger partial charge on any atom is 0.274 e. The van der Waals surface area contributed by atoms with Gasteiger partial charge in [0.2, 0.25) is 0 Å². The third kappa shape index (κ3) is 4.01. The van der Waals surface area contributed by atoms with Crippen LogP contribution in [-0.4, -0.2) is 24.6 Å². The molecule has 86 valence electrons. The molecule has 0 fully saturated rings. The first-order valence-electron chi connectivity index (χ1n) is 4.88. The van der Waals surface area contributed by atoms with E-state index in [1.807, 2.05) is 6.92 Å². The van der Waals surface area contributed by atoms with Gasteiger partial charge in [0.25, 0.3) is 10.1 Å². The predicted octanol–water partition coefficient (Wildman–Crippen LogP) is 1.07. The number of nitrogens with zero attached hydrogens (tertiary/aromatic N) is 2. The summed E-state index contributed by atoms with van der Waals surface area (Å²) in [5.41, 5.74) is 0. The van der Waals surface area contributed by atoms with Crippen molar-refractivity contribution in [3.05, 3.63) is 18.2 Å². The molecule has 0 atom stereocenters. The molecular formula is C9H16N2O3S. The molecule has 0 N–H and O–H groups in total. The molecule has 0 unspecified atom stereocenters. The zero-order valence-corrected chi connectivity index (χ0v) is 9.83. The number of rotatable bonds is 6. The van der Waals surface area contributed by atoms with Crippen molar-refractivity contribution < 1.29 is 12.6 Å². The van der Waals surface area contributed by atoms with Crippen LogP contribution in [-0.2, 0) is 27.1 Å². The number of unbranched alkanes of at least 4 members (excludes halogenated alkanes) is 1. The molecule has 0 aliphatic heterocycles. The lowest BCUT2D eigenvalue weighted by Crippen LogP contribution is -2.12. The van der Waals surface area contributed by atoms with Crippen molar-refractivity contribution >= 4 is 10.1 Å². The lowest BCUT2D eigenvalue weighted by molar-refractivity contribution is 0.309. The largest absolute Gasteiger partial charge is 0.337 e. The number of aryl methyl sites for hydroxylation is 1. The van der Waals surface area contributed by atoms with Gasteiger partial charge in [-0.25, -0.2) is 4.98 Å². The van der Waals surface area contributed by atoms with E-state index in [-0.39, 0.29) is 12.4 Å². The smallest absolute Gasteiger partial charge is 0.274 e. The Morgan fingerprint density at radius 1 is 1.53 bits per heavy atom. The second kappa shape index (κ2) is 5.27. The highest BCUT2D eigenvalue weighted by Crippen LogP contribution is 2.05. The van der Waals surface area contributed by atoms with Gasteiger partial charge in [0.05, 0.1) is 6.61 Å². The van der Waals surface area contributed by atoms with E-state index in [4.69, 9.17) is 4.18 Å². The van der Waals surface area contributed by atoms with E-state index in [2.05, 4.69) is 4.98 Å². The highest BCUT2D eigenvalue weighted by molar-refractivity contribution is 7.85. The van der Waals surface area contributed by atoms with E-state index in [1.54, 1.807) is 24.0 Å². The van der Waals surface area contributed by atoms with Crippen molar-refractivity contribution in [2.24, 2.45) is 7.05 Å². The maximum absolute atomic E-state index is 11.4. The molecule has 1 aromatic rings. The van der Waals surface area contributed by atoms with Crippen LogP contribution in [0.5, 0.6) is 0 Å². The third-order valence-corrected chi connectivity index (χ3v) is 3.13. The predicted molar refractivity (Wildman–Crippen MR) is 56.7 cm³/mol. The zero-order chi connectivity index (χ0) is 11.3. The van der Waals surface area contributed by atoms with Crippen molar-refractivity contribution in [3.8, 4) is 0 Å². The summed E-state index contributed by atoms with van der Waals surface area (Å²) in [4.78, 5) is 3.93. The van der Waals surface area contributed by atoms with Crippen molar-refractivity contribution in [1.29, 1.82) is 0 Å². The summed E-state index contributed by atoms with van der Waals surface area (Å²) in [5.74, 6) is 0.326. The van der Waals surface area contributed by atoms with Gasteiger partial charge in [0.1, 0.15) is 11.6 Å². The first-order valence-corrected chi connectivity index (χ1v) is 6.46. The fraction of sp³-hybridized carbons (Fsp3) is 0.667. The summed E-state index contributed by atoms with van der Waals surface area (Å²) in [6.45, 7) is 2.23. The molecule has 1 rings (SSSR count). The van der Waals surface area contributed by atoms with E-state index in [0.717, 1.165) is 12.8 Å². The van der Waals surface area contributed by atoms with Crippen LogP contribution in [0.25, 0.3) is 0 Å². The average molecular weight is 232 g/mol. The van der Waals surface area contributed by atoms with Crippen molar-refractivity contribution in [3.63, 3.8) is 0 Å². The number of hydrogen-bond donors (Lipinski definition) is 0. The topological polar surface area (TPSA) is 61.2 Å². The lowest BCUT2D eigenvalue weighted by Gasteiger charge is -2.04. The van der Waals surface area contributed by atoms with Crippen molar-refractivity contribution in [1.82, 2.24) is 9.55 Å². The molecule has 6 heteroatoms. The minimum absolute atomic E-state index is 0.166. The number of hydrogen-bond acceptors (Lipinski definition) is 4. The highest BCUT2D eigenvalue weighted by Gasteiger charge is 2.14. The van der Waals surface area contributed by atoms with Crippen molar-refractivity contribution in [2.45, 2.75) is 25.5 Å². The van der Waals surface area contributed by atoms with Crippen LogP contribution >= 0.6 is 0 Å². The van der Waals surface area contributed by atoms with Crippen LogP contribution in [0.15, 0.2) is 12.4 Å². The van der Waals surface area contributed by atoms with Gasteiger partial charge < -0.3 is 4.57 Å². The fourth-order valence-corrected chi connectivity index (χ4v) is 2.12. The van der Waals surface area contributed by atoms with E-state index in [1.165, 1.54) is 0 Å². The van der Waals surface area contributed by atoms with E-state index >= 15 is 0 Å². The monoisotopic (exact) mass is 232 g/mol. The molecule has 0 spiro atoms. The molecule has 0 aromatic carbocycles. The normalized spacial score (nSPS) is 11.9. The first kappa shape index (κ1) is 12.2. The van der Waals surface area contributed by atoms with Crippen LogP contribution in [0.4, 0.5) is 0 Å². The molecular weight excluding hydrogens is 216 g/mol. The summed E-state index contributed by atoms with van der Waals surface area (Å²) >= 11 is 0. The minimum atomic E-state index is -3.48. The number of imidazole rings is 1. The molecule has 0 amide bonds. The molecule has 0 saturated heterocycles. The first-order chi connectivity index (χ1) is 7.05. The molecule has 0 aliphatic carbocycles. The summed E-state index contributed by atoms with van der Waals surface area (Å²) in [6.07, 6.45) is 4.94. The Morgan fingerprint density at radius 2 is 2.27 bits per heavy atom. The second-order valence-electron chi connectivity index (χ2n) is 3.33. The van der Waals surface area contributed by atoms with Gasteiger partial charge in [-0.05, 0) is 6.42 Å². The molecule has 1 heterocycles. The molecule has 0 saturated carbocycles. The summed E-state index contributed by atoms with van der Waals surface area (Å²) in [5, 5.41) is 0. The average Bonchev–Trinajstić information content (AvgIpc) is 2.51. The Morgan fingerprint density at radius 3 is 2.80 bits per heavy atom. The van der Waals surface area contributed by atoms with Gasteiger partial charge in [0, 0.05) is 19.4 Å². The van der Waals surface area contributed by atoms with Crippen LogP contribution in [0.2, 0.25) is 0 Å². The second-order valence-corrected chi connectivity index (χ2v) is 4.97. The SMILES string of the molecule is CCCCOS(=O)(=O)Cc1nccn1C. The fourth-order valence-electron chi connectivity index (χ4n) is 1.07. The summed E-state index contributed by atoms with van der Waals surface area (Å²) in [6, 6.07) is 0. The Balaban J connectivity index is 2.53. The molecule has 5 nitrogen and oxygen atoms in total. The molecule has 1 aromatic heterocycles. The maximum atomic E-state index is 11.4. The Labute approximate surface area is 90.2 Å². The van der Waals surface area contributed by atoms with Crippen molar-refractivity contribution in [2.75, 3.05) is 6.61 Å². The van der Waals surface area contributed by atoms with Gasteiger partial charge >= 0.3 is 0 Å². The van der Waals surface area contributed by atoms with Crippen LogP contribution in [0.1, 0.15) is 25.6 Å². The van der Waals surface area contributed by atoms with Gasteiger partial charge in [0.15, 0.2) is 0 Å². The lowest BCUT2D eigenvalue weighted by atomic mass is 10.4. The van der Waals surface area contributed by atoms with Gasteiger partial charge in [-0.15, -0.1) is 0 Å². The Hall–Kier alpha value is -0.880. The van der Waals surface area contributed by atoms with Crippen LogP contribution in [0.3, 0.4) is 0 Å². The standard InChI is InChI=1S/C9H16N2O3S/c1-3-4-7-14-15(12,13)8-9-10-5-6-11(9)2/h5-6H,3-4,7-8H2,1-2H3. The van der Waals surface area contributed by atoms with E-state index in [9.17, 15) is 8.42 Å². The third-order valence-electron chi connectivity index (χ3n) is 1.99. The quantitative estimate of drug-likeness (QED) is 0.543. The van der Waals surface area contributed by atoms with Gasteiger partial charge in [-0.2, -0.15) is 8.42 Å². The zero-order valence-electron chi connectivity index (χ0n) is 9.01. The van der Waals surface area contributed by atoms with Gasteiger partial charge in [-0.3, -0.25) is 4.18 Å². The van der Waals surface area contributed by atoms with E-state index < -0.39 is 10.1 Å². The highest BCUT2D eigenvalue weighted by atomic mass is 32.2. The van der Waals surface area contributed by atoms with E-state index in [0.29, 0.717) is 5.82 Å². The molecule has 0 aliphatic rings. The Kier molecular flexibility index (Phi) is 4.28. The minimum Gasteiger partial charge on any atom is -0.337 e. The summed E-state index contributed by atoms with van der Waals surface area (Å²) < 4.78 is 29.4. The molecule has 15 heavy (non-hydrogen) atoms. The molecule has 0 bridgehead atoms. The van der Waals surface area contributed by atoms with Crippen LogP contribution in [0, 0.1) is 0 Å². The Bertz CT molecular complexity index is 397. The summed E-state index contributed by atoms with van der Waals surface area (Å²) in [7, 11) is -1.73.